The van der Waals surface area contributed by atoms with E-state index in [1.807, 2.05) is 18.4 Å². The van der Waals surface area contributed by atoms with Crippen LogP contribution in [-0.4, -0.2) is 27.1 Å². The maximum atomic E-state index is 12.0. The molecule has 2 rings (SSSR count). The number of amides is 1. The molecule has 0 unspecified atom stereocenters. The maximum Gasteiger partial charge on any atom is 0.287 e. The van der Waals surface area contributed by atoms with E-state index in [1.54, 1.807) is 17.4 Å². The van der Waals surface area contributed by atoms with E-state index in [0.29, 0.717) is 12.3 Å². The zero-order chi connectivity index (χ0) is 16.2. The SMILES string of the molecule is C[C@H](CNC(=O)c1ccc(CNS(C)(=O)=O)o1)c1ccsc1. The van der Waals surface area contributed by atoms with Gasteiger partial charge < -0.3 is 9.73 Å². The lowest BCUT2D eigenvalue weighted by Crippen LogP contribution is -2.27. The van der Waals surface area contributed by atoms with Crippen LogP contribution in [0.1, 0.15) is 34.7 Å². The fraction of sp³-hybridized carbons (Fsp3) is 0.357. The third-order valence-corrected chi connectivity index (χ3v) is 4.45. The van der Waals surface area contributed by atoms with E-state index in [9.17, 15) is 13.2 Å². The first-order chi connectivity index (χ1) is 10.3. The second kappa shape index (κ2) is 7.08. The average Bonchev–Trinajstić information content (AvgIpc) is 3.12. The summed E-state index contributed by atoms with van der Waals surface area (Å²) in [5, 5.41) is 6.86. The Balaban J connectivity index is 1.86. The zero-order valence-electron chi connectivity index (χ0n) is 12.3. The van der Waals surface area contributed by atoms with Gasteiger partial charge in [0.25, 0.3) is 5.91 Å². The Morgan fingerprint density at radius 2 is 2.14 bits per heavy atom. The standard InChI is InChI=1S/C14H18N2O4S2/c1-10(11-5-6-21-9-11)7-15-14(17)13-4-3-12(20-13)8-16-22(2,18)19/h3-6,9-10,16H,7-8H2,1-2H3,(H,15,17)/t10-/m1/s1. The third kappa shape index (κ3) is 4.97. The summed E-state index contributed by atoms with van der Waals surface area (Å²) in [6, 6.07) is 5.14. The van der Waals surface area contributed by atoms with Crippen LogP contribution in [0.2, 0.25) is 0 Å². The molecule has 0 spiro atoms. The molecule has 0 aliphatic heterocycles. The number of hydrogen-bond acceptors (Lipinski definition) is 5. The van der Waals surface area contributed by atoms with Crippen LogP contribution < -0.4 is 10.0 Å². The van der Waals surface area contributed by atoms with E-state index in [0.717, 1.165) is 6.26 Å². The summed E-state index contributed by atoms with van der Waals surface area (Å²) in [6.07, 6.45) is 1.06. The van der Waals surface area contributed by atoms with Crippen LogP contribution in [0.15, 0.2) is 33.4 Å². The number of nitrogens with one attached hydrogen (secondary N) is 2. The molecule has 2 aromatic rings. The molecule has 2 N–H and O–H groups in total. The Kier molecular flexibility index (Phi) is 5.38. The Bertz CT molecular complexity index is 720. The molecule has 0 fully saturated rings. The predicted molar refractivity (Wildman–Crippen MR) is 85.5 cm³/mol. The van der Waals surface area contributed by atoms with Gasteiger partial charge in [0.1, 0.15) is 5.76 Å². The summed E-state index contributed by atoms with van der Waals surface area (Å²) < 4.78 is 29.6. The Labute approximate surface area is 133 Å². The van der Waals surface area contributed by atoms with Crippen LogP contribution in [0.3, 0.4) is 0 Å². The summed E-state index contributed by atoms with van der Waals surface area (Å²) in [7, 11) is -3.29. The molecule has 0 aromatic carbocycles. The Morgan fingerprint density at radius 1 is 1.36 bits per heavy atom. The topological polar surface area (TPSA) is 88.4 Å². The molecule has 2 heterocycles. The van der Waals surface area contributed by atoms with Gasteiger partial charge in [0.2, 0.25) is 10.0 Å². The van der Waals surface area contributed by atoms with Crippen molar-refractivity contribution in [1.29, 1.82) is 0 Å². The second-order valence-electron chi connectivity index (χ2n) is 5.03. The highest BCUT2D eigenvalue weighted by atomic mass is 32.2. The molecular formula is C14H18N2O4S2. The van der Waals surface area contributed by atoms with Crippen LogP contribution in [0.5, 0.6) is 0 Å². The van der Waals surface area contributed by atoms with Crippen molar-refractivity contribution in [3.05, 3.63) is 46.0 Å². The minimum absolute atomic E-state index is 0.0252. The summed E-state index contributed by atoms with van der Waals surface area (Å²) in [6.45, 7) is 2.57. The molecule has 1 amide bonds. The van der Waals surface area contributed by atoms with Gasteiger partial charge >= 0.3 is 0 Å². The van der Waals surface area contributed by atoms with Gasteiger partial charge in [0, 0.05) is 6.54 Å². The smallest absolute Gasteiger partial charge is 0.287 e. The largest absolute Gasteiger partial charge is 0.455 e. The van der Waals surface area contributed by atoms with Gasteiger partial charge in [-0.2, -0.15) is 11.3 Å². The maximum absolute atomic E-state index is 12.0. The quantitative estimate of drug-likeness (QED) is 0.805. The molecule has 0 saturated carbocycles. The molecule has 120 valence electrons. The van der Waals surface area contributed by atoms with Crippen LogP contribution in [0.25, 0.3) is 0 Å². The molecule has 0 saturated heterocycles. The highest BCUT2D eigenvalue weighted by Gasteiger charge is 2.14. The number of carbonyl (C=O) groups excluding carboxylic acids is 1. The van der Waals surface area contributed by atoms with Gasteiger partial charge in [-0.1, -0.05) is 6.92 Å². The van der Waals surface area contributed by atoms with Gasteiger partial charge in [-0.15, -0.1) is 0 Å². The van der Waals surface area contributed by atoms with Crippen molar-refractivity contribution >= 4 is 27.3 Å². The fourth-order valence-electron chi connectivity index (χ4n) is 1.80. The van der Waals surface area contributed by atoms with Crippen LogP contribution in [0.4, 0.5) is 0 Å². The molecule has 1 atom stereocenters. The Hall–Kier alpha value is -1.64. The monoisotopic (exact) mass is 342 g/mol. The first-order valence-corrected chi connectivity index (χ1v) is 9.52. The van der Waals surface area contributed by atoms with Gasteiger partial charge in [0.05, 0.1) is 12.8 Å². The summed E-state index contributed by atoms with van der Waals surface area (Å²) >= 11 is 1.62. The predicted octanol–water partition coefficient (Wildman–Crippen LogP) is 1.92. The molecule has 8 heteroatoms. The van der Waals surface area contributed by atoms with Crippen molar-refractivity contribution < 1.29 is 17.6 Å². The van der Waals surface area contributed by atoms with Crippen molar-refractivity contribution in [3.8, 4) is 0 Å². The minimum atomic E-state index is -3.29. The van der Waals surface area contributed by atoms with Crippen LogP contribution in [-0.2, 0) is 16.6 Å². The molecule has 0 aliphatic rings. The van der Waals surface area contributed by atoms with Gasteiger partial charge in [-0.3, -0.25) is 4.79 Å². The summed E-state index contributed by atoms with van der Waals surface area (Å²) in [4.78, 5) is 12.0. The lowest BCUT2D eigenvalue weighted by atomic mass is 10.1. The van der Waals surface area contributed by atoms with Gasteiger partial charge in [-0.25, -0.2) is 13.1 Å². The number of furan rings is 1. The van der Waals surface area contributed by atoms with Crippen molar-refractivity contribution in [3.63, 3.8) is 0 Å². The van der Waals surface area contributed by atoms with Crippen molar-refractivity contribution in [1.82, 2.24) is 10.0 Å². The third-order valence-electron chi connectivity index (χ3n) is 3.08. The number of carbonyl (C=O) groups is 1. The number of rotatable bonds is 7. The summed E-state index contributed by atoms with van der Waals surface area (Å²) in [5.41, 5.74) is 1.18. The van der Waals surface area contributed by atoms with Crippen molar-refractivity contribution in [2.24, 2.45) is 0 Å². The molecule has 22 heavy (non-hydrogen) atoms. The van der Waals surface area contributed by atoms with E-state index < -0.39 is 10.0 Å². The van der Waals surface area contributed by atoms with Crippen LogP contribution >= 0.6 is 11.3 Å². The van der Waals surface area contributed by atoms with E-state index in [1.165, 1.54) is 11.6 Å². The number of hydrogen-bond donors (Lipinski definition) is 2. The molecule has 6 nitrogen and oxygen atoms in total. The normalized spacial score (nSPS) is 13.0. The second-order valence-corrected chi connectivity index (χ2v) is 7.64. The number of thiophene rings is 1. The minimum Gasteiger partial charge on any atom is -0.455 e. The van der Waals surface area contributed by atoms with Gasteiger partial charge in [0.15, 0.2) is 5.76 Å². The van der Waals surface area contributed by atoms with Gasteiger partial charge in [-0.05, 0) is 40.4 Å². The van der Waals surface area contributed by atoms with E-state index >= 15 is 0 Å². The van der Waals surface area contributed by atoms with Crippen molar-refractivity contribution in [2.45, 2.75) is 19.4 Å². The van der Waals surface area contributed by atoms with E-state index in [-0.39, 0.29) is 24.1 Å². The molecule has 0 bridgehead atoms. The zero-order valence-corrected chi connectivity index (χ0v) is 14.0. The van der Waals surface area contributed by atoms with Crippen molar-refractivity contribution in [2.75, 3.05) is 12.8 Å². The molecule has 0 aliphatic carbocycles. The molecule has 2 aromatic heterocycles. The number of sulfonamides is 1. The summed E-state index contributed by atoms with van der Waals surface area (Å²) in [5.74, 6) is 0.466. The van der Waals surface area contributed by atoms with Crippen LogP contribution in [0, 0.1) is 0 Å². The average molecular weight is 342 g/mol. The lowest BCUT2D eigenvalue weighted by Gasteiger charge is -2.10. The van der Waals surface area contributed by atoms with E-state index in [4.69, 9.17) is 4.42 Å². The van der Waals surface area contributed by atoms with E-state index in [2.05, 4.69) is 15.4 Å². The first kappa shape index (κ1) is 16.7. The highest BCUT2D eigenvalue weighted by Crippen LogP contribution is 2.17. The first-order valence-electron chi connectivity index (χ1n) is 6.69. The fourth-order valence-corrected chi connectivity index (χ4v) is 2.99. The Morgan fingerprint density at radius 3 is 2.77 bits per heavy atom. The lowest BCUT2D eigenvalue weighted by molar-refractivity contribution is 0.0922. The highest BCUT2D eigenvalue weighted by molar-refractivity contribution is 7.88. The molecule has 0 radical (unpaired) electrons. The molecular weight excluding hydrogens is 324 g/mol.